The third-order valence-corrected chi connectivity index (χ3v) is 5.19. The van der Waals surface area contributed by atoms with Crippen LogP contribution in [0, 0.1) is 0 Å². The van der Waals surface area contributed by atoms with E-state index in [2.05, 4.69) is 38.3 Å². The molecular weight excluding hydrogens is 402 g/mol. The van der Waals surface area contributed by atoms with E-state index in [1.165, 1.54) is 0 Å². The smallest absolute Gasteiger partial charge is 0.227 e. The van der Waals surface area contributed by atoms with Gasteiger partial charge in [-0.25, -0.2) is 0 Å². The molecule has 0 aliphatic rings. The first kappa shape index (κ1) is 17.8. The van der Waals surface area contributed by atoms with Crippen molar-refractivity contribution in [2.24, 2.45) is 0 Å². The Labute approximate surface area is 158 Å². The maximum Gasteiger partial charge on any atom is 0.227 e. The molecular formula is C18H18BrN3O2S. The fourth-order valence-corrected chi connectivity index (χ4v) is 3.38. The second-order valence-corrected chi connectivity index (χ2v) is 7.43. The number of hydrogen-bond acceptors (Lipinski definition) is 5. The van der Waals surface area contributed by atoms with Crippen molar-refractivity contribution in [2.45, 2.75) is 32.2 Å². The van der Waals surface area contributed by atoms with Crippen LogP contribution in [0.2, 0.25) is 0 Å². The molecule has 0 bridgehead atoms. The van der Waals surface area contributed by atoms with Gasteiger partial charge in [-0.1, -0.05) is 46.2 Å². The van der Waals surface area contributed by atoms with Crippen LogP contribution in [0.4, 0.5) is 0 Å². The van der Waals surface area contributed by atoms with Crippen molar-refractivity contribution >= 4 is 33.2 Å². The molecule has 0 saturated heterocycles. The van der Waals surface area contributed by atoms with Crippen molar-refractivity contribution in [3.63, 3.8) is 0 Å². The zero-order chi connectivity index (χ0) is 17.6. The van der Waals surface area contributed by atoms with Crippen LogP contribution < -0.4 is 5.32 Å². The van der Waals surface area contributed by atoms with Crippen LogP contribution in [0.25, 0.3) is 10.7 Å². The molecule has 5 nitrogen and oxygen atoms in total. The number of thiophene rings is 1. The maximum absolute atomic E-state index is 12.3. The molecule has 0 aliphatic carbocycles. The number of halogens is 1. The largest absolute Gasteiger partial charge is 0.349 e. The van der Waals surface area contributed by atoms with E-state index < -0.39 is 0 Å². The fraction of sp³-hybridized carbons (Fsp3) is 0.278. The first-order valence-electron chi connectivity index (χ1n) is 8.07. The number of carbonyl (C=O) groups excluding carboxylic acids is 1. The molecule has 0 saturated carbocycles. The second-order valence-electron chi connectivity index (χ2n) is 5.57. The quantitative estimate of drug-likeness (QED) is 0.599. The second kappa shape index (κ2) is 8.40. The van der Waals surface area contributed by atoms with Crippen molar-refractivity contribution in [3.8, 4) is 10.7 Å². The number of benzene rings is 1. The highest BCUT2D eigenvalue weighted by atomic mass is 79.9. The average Bonchev–Trinajstić information content (AvgIpc) is 3.30. The van der Waals surface area contributed by atoms with E-state index in [-0.39, 0.29) is 11.9 Å². The molecule has 0 fully saturated rings. The summed E-state index contributed by atoms with van der Waals surface area (Å²) < 4.78 is 6.25. The highest BCUT2D eigenvalue weighted by molar-refractivity contribution is 9.10. The van der Waals surface area contributed by atoms with Crippen LogP contribution in [-0.4, -0.2) is 16.0 Å². The van der Waals surface area contributed by atoms with Crippen LogP contribution in [-0.2, 0) is 11.2 Å². The highest BCUT2D eigenvalue weighted by Crippen LogP contribution is 2.22. The summed E-state index contributed by atoms with van der Waals surface area (Å²) in [5.74, 6) is 1.03. The molecule has 0 aliphatic heterocycles. The van der Waals surface area contributed by atoms with Gasteiger partial charge in [0.15, 0.2) is 0 Å². The summed E-state index contributed by atoms with van der Waals surface area (Å²) >= 11 is 4.98. The van der Waals surface area contributed by atoms with E-state index in [1.54, 1.807) is 11.3 Å². The van der Waals surface area contributed by atoms with Gasteiger partial charge in [-0.15, -0.1) is 11.3 Å². The Balaban J connectivity index is 1.54. The van der Waals surface area contributed by atoms with Crippen LogP contribution in [0.1, 0.15) is 37.3 Å². The highest BCUT2D eigenvalue weighted by Gasteiger charge is 2.15. The lowest BCUT2D eigenvalue weighted by molar-refractivity contribution is -0.121. The Morgan fingerprint density at radius 1 is 1.32 bits per heavy atom. The minimum absolute atomic E-state index is 0.00460. The van der Waals surface area contributed by atoms with Gasteiger partial charge in [0.1, 0.15) is 0 Å². The van der Waals surface area contributed by atoms with Gasteiger partial charge in [-0.2, -0.15) is 4.98 Å². The predicted molar refractivity (Wildman–Crippen MR) is 101 cm³/mol. The third-order valence-electron chi connectivity index (χ3n) is 3.79. The molecule has 2 aromatic heterocycles. The van der Waals surface area contributed by atoms with Crippen LogP contribution in [0.15, 0.2) is 50.8 Å². The van der Waals surface area contributed by atoms with Crippen LogP contribution in [0.5, 0.6) is 0 Å². The lowest BCUT2D eigenvalue weighted by Crippen LogP contribution is -2.28. The van der Waals surface area contributed by atoms with Crippen molar-refractivity contribution in [3.05, 3.63) is 57.7 Å². The third kappa shape index (κ3) is 4.76. The number of carbonyl (C=O) groups is 1. The molecule has 1 unspecified atom stereocenters. The summed E-state index contributed by atoms with van der Waals surface area (Å²) in [5.41, 5.74) is 1.09. The zero-order valence-electron chi connectivity index (χ0n) is 13.7. The molecule has 1 N–H and O–H groups in total. The fourth-order valence-electron chi connectivity index (χ4n) is 2.47. The summed E-state index contributed by atoms with van der Waals surface area (Å²) in [7, 11) is 0. The van der Waals surface area contributed by atoms with Gasteiger partial charge in [0.05, 0.1) is 10.9 Å². The van der Waals surface area contributed by atoms with Crippen molar-refractivity contribution < 1.29 is 9.32 Å². The Bertz CT molecular complexity index is 815. The Morgan fingerprint density at radius 2 is 2.12 bits per heavy atom. The molecule has 3 aromatic rings. The van der Waals surface area contributed by atoms with Gasteiger partial charge >= 0.3 is 0 Å². The molecule has 7 heteroatoms. The number of aryl methyl sites for hydroxylation is 1. The number of nitrogens with one attached hydrogen (secondary N) is 1. The maximum atomic E-state index is 12.3. The normalized spacial score (nSPS) is 12.1. The van der Waals surface area contributed by atoms with E-state index in [0.29, 0.717) is 24.6 Å². The lowest BCUT2D eigenvalue weighted by atomic mass is 10.0. The van der Waals surface area contributed by atoms with Crippen molar-refractivity contribution in [1.82, 2.24) is 15.5 Å². The van der Waals surface area contributed by atoms with Crippen LogP contribution >= 0.6 is 27.3 Å². The minimum atomic E-state index is -0.0226. The molecule has 0 spiro atoms. The molecule has 25 heavy (non-hydrogen) atoms. The van der Waals surface area contributed by atoms with E-state index >= 15 is 0 Å². The van der Waals surface area contributed by atoms with Gasteiger partial charge in [0.25, 0.3) is 0 Å². The van der Waals surface area contributed by atoms with Gasteiger partial charge in [0.2, 0.25) is 17.6 Å². The SMILES string of the molecule is CCC(NC(=O)CCc1nc(-c2cccs2)no1)c1ccc(Br)cc1. The summed E-state index contributed by atoms with van der Waals surface area (Å²) in [6, 6.07) is 11.9. The van der Waals surface area contributed by atoms with Gasteiger partial charge < -0.3 is 9.84 Å². The Morgan fingerprint density at radius 3 is 2.80 bits per heavy atom. The molecule has 2 heterocycles. The van der Waals surface area contributed by atoms with E-state index in [0.717, 1.165) is 21.3 Å². The van der Waals surface area contributed by atoms with Gasteiger partial charge in [-0.3, -0.25) is 4.79 Å². The number of rotatable bonds is 7. The van der Waals surface area contributed by atoms with E-state index in [9.17, 15) is 4.79 Å². The lowest BCUT2D eigenvalue weighted by Gasteiger charge is -2.17. The first-order chi connectivity index (χ1) is 12.2. The summed E-state index contributed by atoms with van der Waals surface area (Å²) in [5, 5.41) is 8.99. The summed E-state index contributed by atoms with van der Waals surface area (Å²) in [6.45, 7) is 2.05. The van der Waals surface area contributed by atoms with Crippen LogP contribution in [0.3, 0.4) is 0 Å². The van der Waals surface area contributed by atoms with Crippen molar-refractivity contribution in [2.75, 3.05) is 0 Å². The standard InChI is InChI=1S/C18H18BrN3O2S/c1-2-14(12-5-7-13(19)8-6-12)20-16(23)9-10-17-21-18(22-24-17)15-4-3-11-25-15/h3-8,11,14H,2,9-10H2,1H3,(H,20,23). The van der Waals surface area contributed by atoms with Gasteiger partial charge in [-0.05, 0) is 35.6 Å². The Kier molecular flexibility index (Phi) is 5.99. The number of aromatic nitrogens is 2. The number of amides is 1. The predicted octanol–water partition coefficient (Wildman–Crippen LogP) is 4.76. The molecule has 1 atom stereocenters. The summed E-state index contributed by atoms with van der Waals surface area (Å²) in [4.78, 5) is 17.6. The Hall–Kier alpha value is -1.99. The number of hydrogen-bond donors (Lipinski definition) is 1. The molecule has 1 aromatic carbocycles. The van der Waals surface area contributed by atoms with Gasteiger partial charge in [0, 0.05) is 17.3 Å². The summed E-state index contributed by atoms with van der Waals surface area (Å²) in [6.07, 6.45) is 1.58. The molecule has 130 valence electrons. The van der Waals surface area contributed by atoms with E-state index in [4.69, 9.17) is 4.52 Å². The number of nitrogens with zero attached hydrogens (tertiary/aromatic N) is 2. The zero-order valence-corrected chi connectivity index (χ0v) is 16.1. The molecule has 1 amide bonds. The van der Waals surface area contributed by atoms with E-state index in [1.807, 2.05) is 41.8 Å². The minimum Gasteiger partial charge on any atom is -0.349 e. The molecule has 3 rings (SSSR count). The molecule has 0 radical (unpaired) electrons. The topological polar surface area (TPSA) is 68.0 Å². The average molecular weight is 420 g/mol. The monoisotopic (exact) mass is 419 g/mol. The van der Waals surface area contributed by atoms with Crippen molar-refractivity contribution in [1.29, 1.82) is 0 Å². The first-order valence-corrected chi connectivity index (χ1v) is 9.74.